The van der Waals surface area contributed by atoms with E-state index in [0.717, 1.165) is 19.5 Å². The van der Waals surface area contributed by atoms with Gasteiger partial charge < -0.3 is 10.3 Å². The van der Waals surface area contributed by atoms with Gasteiger partial charge in [0.2, 0.25) is 0 Å². The van der Waals surface area contributed by atoms with Crippen LogP contribution in [0.25, 0.3) is 10.9 Å². The van der Waals surface area contributed by atoms with E-state index in [1.165, 1.54) is 33.3 Å². The molecule has 3 aromatic rings. The van der Waals surface area contributed by atoms with Gasteiger partial charge in [-0.05, 0) is 37.1 Å². The topological polar surface area (TPSA) is 56.5 Å². The van der Waals surface area contributed by atoms with E-state index in [2.05, 4.69) is 72.6 Å². The van der Waals surface area contributed by atoms with Crippen molar-refractivity contribution in [1.82, 2.24) is 20.5 Å². The average Bonchev–Trinajstić information content (AvgIpc) is 3.10. The van der Waals surface area contributed by atoms with E-state index < -0.39 is 0 Å². The molecule has 2 aromatic heterocycles. The zero-order valence-corrected chi connectivity index (χ0v) is 14.5. The molecule has 0 saturated heterocycles. The number of aromatic nitrogens is 3. The first-order valence-corrected chi connectivity index (χ1v) is 8.26. The Bertz CT molecular complexity index is 789. The molecule has 0 bridgehead atoms. The van der Waals surface area contributed by atoms with Crippen molar-refractivity contribution in [2.24, 2.45) is 0 Å². The number of nitrogens with one attached hydrogen (secondary N) is 3. The minimum absolute atomic E-state index is 0.0987. The third-order valence-corrected chi connectivity index (χ3v) is 4.35. The lowest BCUT2D eigenvalue weighted by Crippen LogP contribution is -2.20. The van der Waals surface area contributed by atoms with Crippen LogP contribution in [0.15, 0.2) is 30.6 Å². The van der Waals surface area contributed by atoms with Gasteiger partial charge in [0.25, 0.3) is 0 Å². The molecule has 23 heavy (non-hydrogen) atoms. The molecule has 4 nitrogen and oxygen atoms in total. The van der Waals surface area contributed by atoms with Crippen LogP contribution in [0.2, 0.25) is 0 Å². The normalized spacial score (nSPS) is 12.2. The fourth-order valence-electron chi connectivity index (χ4n) is 3.19. The van der Waals surface area contributed by atoms with Crippen LogP contribution in [0.4, 0.5) is 0 Å². The predicted molar refractivity (Wildman–Crippen MR) is 95.7 cm³/mol. The smallest absolute Gasteiger partial charge is 0.0535 e. The maximum absolute atomic E-state index is 4.20. The SMILES string of the molecule is Cc1cccc2[nH]cc(CCNCc3cn[nH]c3C(C)(C)C)c12. The van der Waals surface area contributed by atoms with E-state index in [1.54, 1.807) is 0 Å². The largest absolute Gasteiger partial charge is 0.361 e. The summed E-state index contributed by atoms with van der Waals surface area (Å²) in [6.07, 6.45) is 5.09. The van der Waals surface area contributed by atoms with Gasteiger partial charge in [0.05, 0.1) is 6.20 Å². The molecule has 0 amide bonds. The highest BCUT2D eigenvalue weighted by Gasteiger charge is 2.19. The number of hydrogen-bond acceptors (Lipinski definition) is 2. The van der Waals surface area contributed by atoms with Crippen LogP contribution in [-0.2, 0) is 18.4 Å². The van der Waals surface area contributed by atoms with Gasteiger partial charge in [-0.25, -0.2) is 0 Å². The molecule has 0 atom stereocenters. The Labute approximate surface area is 137 Å². The van der Waals surface area contributed by atoms with Gasteiger partial charge in [0.1, 0.15) is 0 Å². The number of fused-ring (bicyclic) bond motifs is 1. The van der Waals surface area contributed by atoms with Crippen molar-refractivity contribution in [3.05, 3.63) is 53.0 Å². The lowest BCUT2D eigenvalue weighted by molar-refractivity contribution is 0.554. The van der Waals surface area contributed by atoms with Crippen molar-refractivity contribution in [1.29, 1.82) is 0 Å². The average molecular weight is 310 g/mol. The van der Waals surface area contributed by atoms with Crippen LogP contribution >= 0.6 is 0 Å². The van der Waals surface area contributed by atoms with Crippen LogP contribution in [0.1, 0.15) is 43.2 Å². The molecular weight excluding hydrogens is 284 g/mol. The highest BCUT2D eigenvalue weighted by atomic mass is 15.1. The third-order valence-electron chi connectivity index (χ3n) is 4.35. The van der Waals surface area contributed by atoms with E-state index in [4.69, 9.17) is 0 Å². The Kier molecular flexibility index (Phi) is 4.26. The summed E-state index contributed by atoms with van der Waals surface area (Å²) in [6.45, 7) is 10.6. The highest BCUT2D eigenvalue weighted by molar-refractivity contribution is 5.86. The highest BCUT2D eigenvalue weighted by Crippen LogP contribution is 2.24. The van der Waals surface area contributed by atoms with E-state index in [1.807, 2.05) is 6.20 Å². The first kappa shape index (κ1) is 15.8. The minimum atomic E-state index is 0.0987. The Morgan fingerprint density at radius 2 is 2.00 bits per heavy atom. The van der Waals surface area contributed by atoms with E-state index in [0.29, 0.717) is 0 Å². The molecule has 0 saturated carbocycles. The predicted octanol–water partition coefficient (Wildman–Crippen LogP) is 3.83. The van der Waals surface area contributed by atoms with Crippen molar-refractivity contribution in [3.63, 3.8) is 0 Å². The van der Waals surface area contributed by atoms with Gasteiger partial charge in [-0.15, -0.1) is 0 Å². The summed E-state index contributed by atoms with van der Waals surface area (Å²) in [4.78, 5) is 3.37. The summed E-state index contributed by atoms with van der Waals surface area (Å²) in [7, 11) is 0. The number of nitrogens with zero attached hydrogens (tertiary/aromatic N) is 1. The van der Waals surface area contributed by atoms with Gasteiger partial charge >= 0.3 is 0 Å². The first-order chi connectivity index (χ1) is 11.0. The van der Waals surface area contributed by atoms with E-state index in [9.17, 15) is 0 Å². The molecule has 1 aromatic carbocycles. The molecule has 0 radical (unpaired) electrons. The van der Waals surface area contributed by atoms with Crippen LogP contribution in [0.3, 0.4) is 0 Å². The Morgan fingerprint density at radius 1 is 1.17 bits per heavy atom. The molecule has 0 unspecified atom stereocenters. The monoisotopic (exact) mass is 310 g/mol. The zero-order valence-electron chi connectivity index (χ0n) is 14.5. The summed E-state index contributed by atoms with van der Waals surface area (Å²) in [5.41, 5.74) is 6.52. The van der Waals surface area contributed by atoms with E-state index in [-0.39, 0.29) is 5.41 Å². The van der Waals surface area contributed by atoms with Crippen molar-refractivity contribution in [2.45, 2.75) is 46.1 Å². The van der Waals surface area contributed by atoms with Crippen molar-refractivity contribution in [2.75, 3.05) is 6.54 Å². The summed E-state index contributed by atoms with van der Waals surface area (Å²) in [5.74, 6) is 0. The van der Waals surface area contributed by atoms with Crippen molar-refractivity contribution in [3.8, 4) is 0 Å². The molecule has 0 spiro atoms. The number of aryl methyl sites for hydroxylation is 1. The quantitative estimate of drug-likeness (QED) is 0.627. The number of rotatable bonds is 5. The van der Waals surface area contributed by atoms with E-state index >= 15 is 0 Å². The molecule has 0 aliphatic heterocycles. The van der Waals surface area contributed by atoms with Crippen LogP contribution in [0.5, 0.6) is 0 Å². The number of H-pyrrole nitrogens is 2. The number of benzene rings is 1. The molecule has 2 heterocycles. The number of hydrogen-bond donors (Lipinski definition) is 3. The molecule has 3 rings (SSSR count). The van der Waals surface area contributed by atoms with Gasteiger partial charge in [-0.2, -0.15) is 5.10 Å². The fraction of sp³-hybridized carbons (Fsp3) is 0.421. The first-order valence-electron chi connectivity index (χ1n) is 8.26. The van der Waals surface area contributed by atoms with Gasteiger partial charge in [-0.3, -0.25) is 5.10 Å². The molecule has 0 aliphatic rings. The second kappa shape index (κ2) is 6.20. The maximum Gasteiger partial charge on any atom is 0.0535 e. The van der Waals surface area contributed by atoms with Crippen molar-refractivity contribution < 1.29 is 0 Å². The second-order valence-corrected chi connectivity index (χ2v) is 7.26. The summed E-state index contributed by atoms with van der Waals surface area (Å²) < 4.78 is 0. The lowest BCUT2D eigenvalue weighted by Gasteiger charge is -2.18. The lowest BCUT2D eigenvalue weighted by atomic mass is 9.89. The van der Waals surface area contributed by atoms with Crippen LogP contribution in [0, 0.1) is 6.92 Å². The molecular formula is C19H26N4. The molecule has 4 heteroatoms. The summed E-state index contributed by atoms with van der Waals surface area (Å²) in [5, 5.41) is 12.3. The van der Waals surface area contributed by atoms with Gasteiger partial charge in [0, 0.05) is 40.3 Å². The summed E-state index contributed by atoms with van der Waals surface area (Å²) in [6, 6.07) is 6.41. The Hall–Kier alpha value is -2.07. The van der Waals surface area contributed by atoms with Crippen LogP contribution < -0.4 is 5.32 Å². The number of aromatic amines is 2. The molecule has 3 N–H and O–H groups in total. The van der Waals surface area contributed by atoms with Crippen molar-refractivity contribution >= 4 is 10.9 Å². The van der Waals surface area contributed by atoms with Gasteiger partial charge in [0.15, 0.2) is 0 Å². The fourth-order valence-corrected chi connectivity index (χ4v) is 3.19. The molecule has 122 valence electrons. The summed E-state index contributed by atoms with van der Waals surface area (Å²) >= 11 is 0. The molecule has 0 fully saturated rings. The second-order valence-electron chi connectivity index (χ2n) is 7.26. The maximum atomic E-state index is 4.20. The third kappa shape index (κ3) is 3.32. The zero-order chi connectivity index (χ0) is 16.4. The Balaban J connectivity index is 1.61. The van der Waals surface area contributed by atoms with Gasteiger partial charge in [-0.1, -0.05) is 32.9 Å². The minimum Gasteiger partial charge on any atom is -0.361 e. The standard InChI is InChI=1S/C19H26N4/c1-13-6-5-7-16-17(13)14(11-21-16)8-9-20-10-15-12-22-23-18(15)19(2,3)4/h5-7,11-12,20-21H,8-10H2,1-4H3,(H,22,23). The molecule has 0 aliphatic carbocycles. The van der Waals surface area contributed by atoms with Crippen LogP contribution in [-0.4, -0.2) is 21.7 Å². The Morgan fingerprint density at radius 3 is 2.78 bits per heavy atom.